The summed E-state index contributed by atoms with van der Waals surface area (Å²) in [4.78, 5) is 23.8. The molecule has 2 fully saturated rings. The van der Waals surface area contributed by atoms with Crippen molar-refractivity contribution in [1.29, 1.82) is 0 Å². The summed E-state index contributed by atoms with van der Waals surface area (Å²) in [7, 11) is 0. The van der Waals surface area contributed by atoms with Crippen LogP contribution in [0.15, 0.2) is 24.3 Å². The van der Waals surface area contributed by atoms with Crippen molar-refractivity contribution in [1.82, 2.24) is 5.32 Å². The topological polar surface area (TPSA) is 66.4 Å². The molecule has 0 saturated heterocycles. The number of halogens is 1. The number of nitrogens with one attached hydrogen (secondary N) is 1. The minimum Gasteiger partial charge on any atom is -0.481 e. The van der Waals surface area contributed by atoms with Crippen LogP contribution in [0.3, 0.4) is 0 Å². The Labute approximate surface area is 128 Å². The minimum absolute atomic E-state index is 0.130. The Kier molecular flexibility index (Phi) is 3.89. The highest BCUT2D eigenvalue weighted by atomic mass is 35.5. The van der Waals surface area contributed by atoms with Crippen molar-refractivity contribution in [3.05, 3.63) is 34.9 Å². The summed E-state index contributed by atoms with van der Waals surface area (Å²) >= 11 is 5.91. The second-order valence-corrected chi connectivity index (χ2v) is 6.51. The molecule has 0 heterocycles. The molecule has 3 rings (SSSR count). The Morgan fingerprint density at radius 1 is 1.24 bits per heavy atom. The predicted molar refractivity (Wildman–Crippen MR) is 78.7 cm³/mol. The molecule has 0 radical (unpaired) electrons. The van der Waals surface area contributed by atoms with Gasteiger partial charge < -0.3 is 10.4 Å². The number of rotatable bonds is 4. The minimum atomic E-state index is -0.829. The van der Waals surface area contributed by atoms with E-state index in [2.05, 4.69) is 5.32 Å². The lowest BCUT2D eigenvalue weighted by Gasteiger charge is -2.27. The quantitative estimate of drug-likeness (QED) is 0.899. The van der Waals surface area contributed by atoms with Gasteiger partial charge in [0.05, 0.1) is 11.8 Å². The second kappa shape index (κ2) is 5.68. The molecule has 21 heavy (non-hydrogen) atoms. The smallest absolute Gasteiger partial charge is 0.307 e. The third-order valence-corrected chi connectivity index (χ3v) is 5.10. The van der Waals surface area contributed by atoms with Crippen LogP contribution in [0.4, 0.5) is 0 Å². The third kappa shape index (κ3) is 2.77. The molecule has 1 aromatic carbocycles. The van der Waals surface area contributed by atoms with E-state index in [1.54, 1.807) is 12.1 Å². The van der Waals surface area contributed by atoms with E-state index in [-0.39, 0.29) is 23.7 Å². The lowest BCUT2D eigenvalue weighted by Crippen LogP contribution is -2.41. The Hall–Kier alpha value is -1.55. The zero-order valence-electron chi connectivity index (χ0n) is 11.6. The molecule has 1 amide bonds. The van der Waals surface area contributed by atoms with Crippen molar-refractivity contribution in [2.75, 3.05) is 0 Å². The lowest BCUT2D eigenvalue weighted by atomic mass is 9.78. The lowest BCUT2D eigenvalue weighted by molar-refractivity contribution is -0.149. The maximum atomic E-state index is 12.4. The van der Waals surface area contributed by atoms with Gasteiger partial charge in [-0.2, -0.15) is 0 Å². The van der Waals surface area contributed by atoms with Gasteiger partial charge in [-0.05, 0) is 48.8 Å². The number of hydrogen-bond donors (Lipinski definition) is 2. The third-order valence-electron chi connectivity index (χ3n) is 4.86. The molecule has 112 valence electrons. The van der Waals surface area contributed by atoms with Crippen LogP contribution in [0, 0.1) is 23.7 Å². The Balaban J connectivity index is 1.66. The number of aliphatic carboxylic acids is 1. The molecule has 4 atom stereocenters. The van der Waals surface area contributed by atoms with E-state index < -0.39 is 11.9 Å². The van der Waals surface area contributed by atoms with E-state index in [4.69, 9.17) is 11.6 Å². The van der Waals surface area contributed by atoms with Gasteiger partial charge in [0.2, 0.25) is 5.91 Å². The summed E-state index contributed by atoms with van der Waals surface area (Å²) in [5.74, 6) is -1.44. The zero-order valence-corrected chi connectivity index (χ0v) is 12.3. The van der Waals surface area contributed by atoms with E-state index in [1.807, 2.05) is 12.1 Å². The van der Waals surface area contributed by atoms with Gasteiger partial charge in [-0.15, -0.1) is 0 Å². The van der Waals surface area contributed by atoms with Crippen LogP contribution in [-0.2, 0) is 16.1 Å². The normalized spacial score (nSPS) is 30.3. The molecule has 5 heteroatoms. The fourth-order valence-electron chi connectivity index (χ4n) is 3.98. The van der Waals surface area contributed by atoms with Gasteiger partial charge in [0.1, 0.15) is 0 Å². The summed E-state index contributed by atoms with van der Waals surface area (Å²) in [5.41, 5.74) is 0.922. The first-order chi connectivity index (χ1) is 10.1. The van der Waals surface area contributed by atoms with Gasteiger partial charge in [0.25, 0.3) is 0 Å². The number of hydrogen-bond acceptors (Lipinski definition) is 2. The van der Waals surface area contributed by atoms with Gasteiger partial charge in [-0.1, -0.05) is 23.7 Å². The van der Waals surface area contributed by atoms with Crippen molar-refractivity contribution >= 4 is 23.5 Å². The molecule has 2 aliphatic carbocycles. The largest absolute Gasteiger partial charge is 0.481 e. The number of benzene rings is 1. The van der Waals surface area contributed by atoms with Gasteiger partial charge in [0, 0.05) is 11.6 Å². The Bertz CT molecular complexity index is 574. The number of amides is 1. The van der Waals surface area contributed by atoms with Crippen LogP contribution in [0.25, 0.3) is 0 Å². The summed E-state index contributed by atoms with van der Waals surface area (Å²) < 4.78 is 0. The zero-order chi connectivity index (χ0) is 15.0. The molecule has 0 aliphatic heterocycles. The summed E-state index contributed by atoms with van der Waals surface area (Å²) in [5, 5.41) is 12.9. The molecule has 1 aromatic rings. The maximum Gasteiger partial charge on any atom is 0.307 e. The van der Waals surface area contributed by atoms with Crippen molar-refractivity contribution in [2.45, 2.75) is 25.8 Å². The average molecular weight is 308 g/mol. The number of fused-ring (bicyclic) bond motifs is 2. The Morgan fingerprint density at radius 3 is 2.62 bits per heavy atom. The predicted octanol–water partition coefficient (Wildman–Crippen LogP) is 2.70. The number of carboxylic acid groups (broad SMARTS) is 1. The van der Waals surface area contributed by atoms with Gasteiger partial charge >= 0.3 is 5.97 Å². The molecule has 0 aromatic heterocycles. The fraction of sp³-hybridized carbons (Fsp3) is 0.500. The van der Waals surface area contributed by atoms with Crippen molar-refractivity contribution in [3.8, 4) is 0 Å². The average Bonchev–Trinajstić information content (AvgIpc) is 3.05. The van der Waals surface area contributed by atoms with E-state index in [1.165, 1.54) is 0 Å². The highest BCUT2D eigenvalue weighted by Gasteiger charge is 2.53. The van der Waals surface area contributed by atoms with E-state index >= 15 is 0 Å². The first-order valence-electron chi connectivity index (χ1n) is 7.31. The summed E-state index contributed by atoms with van der Waals surface area (Å²) in [6, 6.07) is 7.31. The monoisotopic (exact) mass is 307 g/mol. The highest BCUT2D eigenvalue weighted by Crippen LogP contribution is 2.52. The standard InChI is InChI=1S/C16H18ClNO3/c17-12-3-1-2-9(6-12)8-18-15(19)13-10-4-5-11(7-10)14(13)16(20)21/h1-3,6,10-11,13-14H,4-5,7-8H2,(H,18,19)(H,20,21)/t10-,11-,13-,14-/m0/s1. The first kappa shape index (κ1) is 14.4. The molecule has 2 saturated carbocycles. The van der Waals surface area contributed by atoms with Crippen LogP contribution in [0.2, 0.25) is 5.02 Å². The van der Waals surface area contributed by atoms with Crippen molar-refractivity contribution in [3.63, 3.8) is 0 Å². The van der Waals surface area contributed by atoms with Crippen molar-refractivity contribution in [2.24, 2.45) is 23.7 Å². The van der Waals surface area contributed by atoms with E-state index in [9.17, 15) is 14.7 Å². The van der Waals surface area contributed by atoms with Crippen LogP contribution in [-0.4, -0.2) is 17.0 Å². The van der Waals surface area contributed by atoms with Gasteiger partial charge in [0.15, 0.2) is 0 Å². The van der Waals surface area contributed by atoms with E-state index in [0.29, 0.717) is 11.6 Å². The van der Waals surface area contributed by atoms with E-state index in [0.717, 1.165) is 24.8 Å². The highest BCUT2D eigenvalue weighted by molar-refractivity contribution is 6.30. The Morgan fingerprint density at radius 2 is 1.95 bits per heavy atom. The molecule has 2 bridgehead atoms. The molecule has 2 aliphatic rings. The van der Waals surface area contributed by atoms with Crippen molar-refractivity contribution < 1.29 is 14.7 Å². The molecular formula is C16H18ClNO3. The van der Waals surface area contributed by atoms with Gasteiger partial charge in [-0.3, -0.25) is 9.59 Å². The van der Waals surface area contributed by atoms with Crippen LogP contribution in [0.1, 0.15) is 24.8 Å². The maximum absolute atomic E-state index is 12.4. The number of carbonyl (C=O) groups is 2. The summed E-state index contributed by atoms with van der Waals surface area (Å²) in [6.45, 7) is 0.389. The number of carboxylic acids is 1. The SMILES string of the molecule is O=C(O)[C@H]1[C@H]2CC[C@@H](C2)[C@@H]1C(=O)NCc1cccc(Cl)c1. The molecule has 2 N–H and O–H groups in total. The summed E-state index contributed by atoms with van der Waals surface area (Å²) in [6.07, 6.45) is 2.80. The molecular weight excluding hydrogens is 290 g/mol. The first-order valence-corrected chi connectivity index (χ1v) is 7.69. The fourth-order valence-corrected chi connectivity index (χ4v) is 4.19. The van der Waals surface area contributed by atoms with Crippen LogP contribution in [0.5, 0.6) is 0 Å². The van der Waals surface area contributed by atoms with Crippen LogP contribution >= 0.6 is 11.6 Å². The number of carbonyl (C=O) groups excluding carboxylic acids is 1. The molecule has 4 nitrogen and oxygen atoms in total. The van der Waals surface area contributed by atoms with Crippen LogP contribution < -0.4 is 5.32 Å². The molecule has 0 unspecified atom stereocenters. The van der Waals surface area contributed by atoms with Gasteiger partial charge in [-0.25, -0.2) is 0 Å². The molecule has 0 spiro atoms. The second-order valence-electron chi connectivity index (χ2n) is 6.07.